The first kappa shape index (κ1) is 26.4. The predicted molar refractivity (Wildman–Crippen MR) is 138 cm³/mol. The number of ether oxygens (including phenoxy) is 1. The molecule has 10 heteroatoms. The fourth-order valence-electron chi connectivity index (χ4n) is 5.32. The van der Waals surface area contributed by atoms with Gasteiger partial charge >= 0.3 is 5.92 Å². The molecule has 1 aliphatic heterocycles. The maximum atomic E-state index is 15.5. The number of anilines is 2. The van der Waals surface area contributed by atoms with E-state index in [1.54, 1.807) is 18.7 Å². The fourth-order valence-corrected chi connectivity index (χ4v) is 5.32. The maximum absolute atomic E-state index is 15.5. The molecule has 1 unspecified atom stereocenters. The van der Waals surface area contributed by atoms with Crippen molar-refractivity contribution in [3.05, 3.63) is 58.2 Å². The molecular formula is C28H31F3N4O3. The third kappa shape index (κ3) is 4.39. The van der Waals surface area contributed by atoms with Crippen molar-refractivity contribution in [1.29, 1.82) is 0 Å². The first-order chi connectivity index (χ1) is 17.9. The van der Waals surface area contributed by atoms with E-state index >= 15 is 4.39 Å². The number of nitrogens with one attached hydrogen (secondary N) is 1. The average Bonchev–Trinajstić information content (AvgIpc) is 3.34. The Labute approximate surface area is 219 Å². The molecule has 0 bridgehead atoms. The summed E-state index contributed by atoms with van der Waals surface area (Å²) in [5.74, 6) is -4.07. The molecule has 1 fully saturated rings. The van der Waals surface area contributed by atoms with Gasteiger partial charge in [0.05, 0.1) is 23.7 Å². The van der Waals surface area contributed by atoms with Gasteiger partial charge in [-0.15, -0.1) is 0 Å². The highest BCUT2D eigenvalue weighted by Gasteiger charge is 2.49. The molecule has 1 aromatic heterocycles. The molecule has 0 radical (unpaired) electrons. The van der Waals surface area contributed by atoms with Crippen LogP contribution in [0.25, 0.3) is 10.9 Å². The standard InChI is InChI=1S/C28H31F3N4O3/c1-15(17-7-6-10-21(24(17)29)28(30,31)27(3,4)37)32-26-20-13-22(35-11-12-38-14-23(35)36)18-8-5-9-19(18)25(20)33-16(2)34-26/h6-7,10,13,15,37H,5,8-9,11-12,14H2,1-4H3,(H,32,33,34). The summed E-state index contributed by atoms with van der Waals surface area (Å²) in [5.41, 5.74) is 0.433. The van der Waals surface area contributed by atoms with E-state index in [9.17, 15) is 18.7 Å². The number of carbonyl (C=O) groups excluding carboxylic acids is 1. The van der Waals surface area contributed by atoms with E-state index in [0.717, 1.165) is 61.5 Å². The highest BCUT2D eigenvalue weighted by atomic mass is 19.3. The van der Waals surface area contributed by atoms with Gasteiger partial charge in [-0.1, -0.05) is 12.1 Å². The highest BCUT2D eigenvalue weighted by Crippen LogP contribution is 2.42. The number of aromatic nitrogens is 2. The predicted octanol–water partition coefficient (Wildman–Crippen LogP) is 4.97. The van der Waals surface area contributed by atoms with E-state index in [1.807, 2.05) is 6.07 Å². The molecular weight excluding hydrogens is 497 g/mol. The molecule has 38 heavy (non-hydrogen) atoms. The second kappa shape index (κ2) is 9.50. The smallest absolute Gasteiger partial charge is 0.303 e. The van der Waals surface area contributed by atoms with Gasteiger partial charge < -0.3 is 20.1 Å². The molecule has 0 spiro atoms. The number of hydrogen-bond acceptors (Lipinski definition) is 6. The van der Waals surface area contributed by atoms with Crippen LogP contribution >= 0.6 is 0 Å². The number of alkyl halides is 2. The number of benzene rings is 2. The van der Waals surface area contributed by atoms with Crippen molar-refractivity contribution >= 4 is 28.3 Å². The van der Waals surface area contributed by atoms with Crippen LogP contribution in [0.15, 0.2) is 24.3 Å². The zero-order chi connectivity index (χ0) is 27.4. The molecule has 7 nitrogen and oxygen atoms in total. The third-order valence-corrected chi connectivity index (χ3v) is 7.38. The van der Waals surface area contributed by atoms with E-state index in [-0.39, 0.29) is 18.1 Å². The maximum Gasteiger partial charge on any atom is 0.303 e. The average molecular weight is 529 g/mol. The molecule has 2 aliphatic rings. The van der Waals surface area contributed by atoms with Crippen molar-refractivity contribution < 1.29 is 27.8 Å². The summed E-state index contributed by atoms with van der Waals surface area (Å²) in [5, 5.41) is 13.9. The minimum Gasteiger partial charge on any atom is -0.384 e. The van der Waals surface area contributed by atoms with Gasteiger partial charge in [0.15, 0.2) is 0 Å². The monoisotopic (exact) mass is 528 g/mol. The van der Waals surface area contributed by atoms with E-state index in [2.05, 4.69) is 10.3 Å². The van der Waals surface area contributed by atoms with Crippen molar-refractivity contribution in [1.82, 2.24) is 9.97 Å². The molecule has 0 saturated carbocycles. The SMILES string of the molecule is Cc1nc(NC(C)c2cccc(C(F)(F)C(C)(C)O)c2F)c2cc(N3CCOCC3=O)c3c(c2n1)CCC3. The normalized spacial score (nSPS) is 17.2. The molecule has 2 N–H and O–H groups in total. The van der Waals surface area contributed by atoms with Crippen molar-refractivity contribution in [3.63, 3.8) is 0 Å². The lowest BCUT2D eigenvalue weighted by Crippen LogP contribution is -2.42. The summed E-state index contributed by atoms with van der Waals surface area (Å²) in [6.07, 6.45) is 2.59. The second-order valence-electron chi connectivity index (χ2n) is 10.5. The number of hydrogen-bond donors (Lipinski definition) is 2. The summed E-state index contributed by atoms with van der Waals surface area (Å²) >= 11 is 0. The summed E-state index contributed by atoms with van der Waals surface area (Å²) in [7, 11) is 0. The van der Waals surface area contributed by atoms with Gasteiger partial charge in [-0.25, -0.2) is 14.4 Å². The Morgan fingerprint density at radius 3 is 2.63 bits per heavy atom. The van der Waals surface area contributed by atoms with Crippen molar-refractivity contribution in [2.75, 3.05) is 30.0 Å². The van der Waals surface area contributed by atoms with Gasteiger partial charge in [-0.05, 0) is 70.2 Å². The van der Waals surface area contributed by atoms with Crippen LogP contribution in [0.2, 0.25) is 0 Å². The number of fused-ring (bicyclic) bond motifs is 3. The zero-order valence-corrected chi connectivity index (χ0v) is 21.9. The van der Waals surface area contributed by atoms with E-state index in [0.29, 0.717) is 30.2 Å². The van der Waals surface area contributed by atoms with Crippen LogP contribution < -0.4 is 10.2 Å². The van der Waals surface area contributed by atoms with Crippen LogP contribution in [-0.4, -0.2) is 46.3 Å². The Morgan fingerprint density at radius 1 is 1.18 bits per heavy atom. The van der Waals surface area contributed by atoms with Gasteiger partial charge in [-0.2, -0.15) is 8.78 Å². The first-order valence-corrected chi connectivity index (χ1v) is 12.8. The van der Waals surface area contributed by atoms with Crippen LogP contribution in [-0.2, 0) is 28.3 Å². The Morgan fingerprint density at radius 2 is 1.92 bits per heavy atom. The molecule has 2 heterocycles. The van der Waals surface area contributed by atoms with Crippen LogP contribution in [0.4, 0.5) is 24.7 Å². The van der Waals surface area contributed by atoms with E-state index in [4.69, 9.17) is 9.72 Å². The molecule has 1 amide bonds. The van der Waals surface area contributed by atoms with Crippen LogP contribution in [0, 0.1) is 12.7 Å². The van der Waals surface area contributed by atoms with Crippen LogP contribution in [0.3, 0.4) is 0 Å². The number of aryl methyl sites for hydroxylation is 2. The molecule has 1 aliphatic carbocycles. The Kier molecular flexibility index (Phi) is 6.59. The van der Waals surface area contributed by atoms with Gasteiger partial charge in [-0.3, -0.25) is 4.79 Å². The van der Waals surface area contributed by atoms with Gasteiger partial charge in [0.2, 0.25) is 0 Å². The molecule has 2 aromatic carbocycles. The van der Waals surface area contributed by atoms with Gasteiger partial charge in [0.1, 0.15) is 29.7 Å². The summed E-state index contributed by atoms with van der Waals surface area (Å²) in [4.78, 5) is 23.7. The number of nitrogens with zero attached hydrogens (tertiary/aromatic N) is 3. The third-order valence-electron chi connectivity index (χ3n) is 7.38. The summed E-state index contributed by atoms with van der Waals surface area (Å²) in [6.45, 7) is 6.22. The Hall–Kier alpha value is -3.24. The topological polar surface area (TPSA) is 87.6 Å². The van der Waals surface area contributed by atoms with Crippen LogP contribution in [0.1, 0.15) is 61.3 Å². The zero-order valence-electron chi connectivity index (χ0n) is 21.9. The minimum absolute atomic E-state index is 0.0144. The number of aliphatic hydroxyl groups is 1. The lowest BCUT2D eigenvalue weighted by Gasteiger charge is -2.30. The van der Waals surface area contributed by atoms with Crippen molar-refractivity contribution in [2.45, 2.75) is 64.5 Å². The lowest BCUT2D eigenvalue weighted by atomic mass is 9.91. The van der Waals surface area contributed by atoms with E-state index < -0.39 is 28.9 Å². The first-order valence-electron chi connectivity index (χ1n) is 12.8. The van der Waals surface area contributed by atoms with Gasteiger partial charge in [0, 0.05) is 23.2 Å². The fraction of sp³-hybridized carbons (Fsp3) is 0.464. The quantitative estimate of drug-likeness (QED) is 0.470. The highest BCUT2D eigenvalue weighted by molar-refractivity contribution is 6.02. The number of amides is 1. The molecule has 5 rings (SSSR count). The second-order valence-corrected chi connectivity index (χ2v) is 10.5. The van der Waals surface area contributed by atoms with E-state index in [1.165, 1.54) is 12.1 Å². The summed E-state index contributed by atoms with van der Waals surface area (Å²) in [6, 6.07) is 4.92. The molecule has 3 aromatic rings. The largest absolute Gasteiger partial charge is 0.384 e. The Bertz CT molecular complexity index is 1420. The van der Waals surface area contributed by atoms with Gasteiger partial charge in [0.25, 0.3) is 5.91 Å². The molecule has 1 saturated heterocycles. The van der Waals surface area contributed by atoms with Crippen LogP contribution in [0.5, 0.6) is 0 Å². The number of carbonyl (C=O) groups is 1. The van der Waals surface area contributed by atoms with Crippen molar-refractivity contribution in [3.8, 4) is 0 Å². The number of rotatable bonds is 6. The molecule has 1 atom stereocenters. The van der Waals surface area contributed by atoms with Crippen molar-refractivity contribution in [2.24, 2.45) is 0 Å². The number of morpholine rings is 1. The lowest BCUT2D eigenvalue weighted by molar-refractivity contribution is -0.170. The number of halogens is 3. The minimum atomic E-state index is -3.80. The molecule has 202 valence electrons. The Balaban J connectivity index is 1.59. The summed E-state index contributed by atoms with van der Waals surface area (Å²) < 4.78 is 50.5.